The zero-order valence-electron chi connectivity index (χ0n) is 16.6. The number of hydrogen-bond donors (Lipinski definition) is 2. The molecule has 8 nitrogen and oxygen atoms in total. The number of aromatic nitrogens is 1. The van der Waals surface area contributed by atoms with Crippen molar-refractivity contribution in [1.82, 2.24) is 4.98 Å². The summed E-state index contributed by atoms with van der Waals surface area (Å²) in [6, 6.07) is 10.1. The number of carbonyl (C=O) groups excluding carboxylic acids is 1. The van der Waals surface area contributed by atoms with E-state index >= 15 is 0 Å². The predicted molar refractivity (Wildman–Crippen MR) is 112 cm³/mol. The van der Waals surface area contributed by atoms with Crippen molar-refractivity contribution in [2.24, 2.45) is 0 Å². The minimum absolute atomic E-state index is 0.00220. The second-order valence-electron chi connectivity index (χ2n) is 6.98. The van der Waals surface area contributed by atoms with Gasteiger partial charge in [0.25, 0.3) is 0 Å². The average molecular weight is 416 g/mol. The average Bonchev–Trinajstić information content (AvgIpc) is 3.43. The number of nitrogens with one attached hydrogen (secondary N) is 2. The molecule has 0 amide bonds. The van der Waals surface area contributed by atoms with Crippen molar-refractivity contribution in [3.63, 3.8) is 0 Å². The summed E-state index contributed by atoms with van der Waals surface area (Å²) >= 11 is 0. The Morgan fingerprint density at radius 3 is 2.65 bits per heavy atom. The minimum atomic E-state index is -0.629. The van der Waals surface area contributed by atoms with E-state index in [1.165, 1.54) is 19.4 Å². The van der Waals surface area contributed by atoms with Gasteiger partial charge in [-0.25, -0.2) is 4.79 Å². The summed E-state index contributed by atoms with van der Waals surface area (Å²) in [5.41, 5.74) is 2.48. The zero-order valence-corrected chi connectivity index (χ0v) is 16.6. The molecule has 0 bridgehead atoms. The molecule has 0 saturated heterocycles. The van der Waals surface area contributed by atoms with Gasteiger partial charge in [0.1, 0.15) is 23.2 Å². The molecule has 0 aliphatic heterocycles. The van der Waals surface area contributed by atoms with Crippen molar-refractivity contribution in [1.29, 1.82) is 5.41 Å². The lowest BCUT2D eigenvalue weighted by molar-refractivity contribution is 0.0563. The van der Waals surface area contributed by atoms with Crippen LogP contribution in [0.3, 0.4) is 0 Å². The summed E-state index contributed by atoms with van der Waals surface area (Å²) in [6.45, 7) is 1.66. The topological polar surface area (TPSA) is 122 Å². The molecule has 4 aromatic heterocycles. The molecule has 0 atom stereocenters. The van der Waals surface area contributed by atoms with Crippen LogP contribution in [0.2, 0.25) is 0 Å². The first-order chi connectivity index (χ1) is 15.0. The molecule has 1 aromatic carbocycles. The SMILES string of the molecule is COC(=O)c1cc(-c2coc3c(ccc4oc(=N)c(-c5ccc[nH]5)cc43)c2=O)c(C)o1. The first kappa shape index (κ1) is 18.7. The van der Waals surface area contributed by atoms with E-state index in [0.717, 1.165) is 5.69 Å². The van der Waals surface area contributed by atoms with E-state index in [2.05, 4.69) is 9.72 Å². The molecule has 2 N–H and O–H groups in total. The summed E-state index contributed by atoms with van der Waals surface area (Å²) < 4.78 is 21.6. The van der Waals surface area contributed by atoms with Gasteiger partial charge in [0.05, 0.1) is 34.7 Å². The summed E-state index contributed by atoms with van der Waals surface area (Å²) in [5, 5.41) is 9.09. The second kappa shape index (κ2) is 6.88. The molecule has 0 saturated carbocycles. The predicted octanol–water partition coefficient (Wildman–Crippen LogP) is 4.37. The van der Waals surface area contributed by atoms with Crippen molar-refractivity contribution < 1.29 is 22.8 Å². The number of methoxy groups -OCH3 is 1. The van der Waals surface area contributed by atoms with Crippen molar-refractivity contribution in [3.05, 3.63) is 76.2 Å². The number of fused-ring (bicyclic) bond motifs is 3. The smallest absolute Gasteiger partial charge is 0.373 e. The fourth-order valence-electron chi connectivity index (χ4n) is 3.64. The molecule has 5 aromatic rings. The number of carbonyl (C=O) groups is 1. The van der Waals surface area contributed by atoms with Crippen LogP contribution in [0.4, 0.5) is 0 Å². The van der Waals surface area contributed by atoms with E-state index in [-0.39, 0.29) is 22.3 Å². The number of ether oxygens (including phenoxy) is 1. The van der Waals surface area contributed by atoms with Crippen LogP contribution >= 0.6 is 0 Å². The molecule has 0 aliphatic rings. The number of aryl methyl sites for hydroxylation is 1. The number of hydrogen-bond acceptors (Lipinski definition) is 7. The van der Waals surface area contributed by atoms with Crippen LogP contribution < -0.4 is 11.0 Å². The molecule has 5 rings (SSSR count). The Balaban J connectivity index is 1.75. The third-order valence-electron chi connectivity index (χ3n) is 5.17. The van der Waals surface area contributed by atoms with Gasteiger partial charge in [-0.05, 0) is 43.3 Å². The summed E-state index contributed by atoms with van der Waals surface area (Å²) in [4.78, 5) is 28.1. The highest BCUT2D eigenvalue weighted by molar-refractivity contribution is 6.03. The Bertz CT molecular complexity index is 1580. The Hall–Kier alpha value is -4.33. The molecule has 0 radical (unpaired) electrons. The molecule has 0 fully saturated rings. The van der Waals surface area contributed by atoms with Crippen LogP contribution in [0.1, 0.15) is 16.3 Å². The lowest BCUT2D eigenvalue weighted by Gasteiger charge is -2.06. The Labute approximate surface area is 174 Å². The van der Waals surface area contributed by atoms with E-state index in [4.69, 9.17) is 18.7 Å². The number of benzene rings is 1. The van der Waals surface area contributed by atoms with Gasteiger partial charge in [-0.2, -0.15) is 0 Å². The lowest BCUT2D eigenvalue weighted by atomic mass is 10.0. The van der Waals surface area contributed by atoms with Crippen molar-refractivity contribution >= 4 is 27.9 Å². The highest BCUT2D eigenvalue weighted by Gasteiger charge is 2.20. The molecule has 31 heavy (non-hydrogen) atoms. The van der Waals surface area contributed by atoms with E-state index in [9.17, 15) is 9.59 Å². The third-order valence-corrected chi connectivity index (χ3v) is 5.17. The first-order valence-corrected chi connectivity index (χ1v) is 9.38. The maximum Gasteiger partial charge on any atom is 0.373 e. The Morgan fingerprint density at radius 2 is 1.90 bits per heavy atom. The highest BCUT2D eigenvalue weighted by Crippen LogP contribution is 2.30. The van der Waals surface area contributed by atoms with Gasteiger partial charge in [0.2, 0.25) is 16.7 Å². The summed E-state index contributed by atoms with van der Waals surface area (Å²) in [7, 11) is 1.25. The molecule has 0 aliphatic carbocycles. The number of H-pyrrole nitrogens is 1. The normalized spacial score (nSPS) is 11.3. The number of rotatable bonds is 3. The first-order valence-electron chi connectivity index (χ1n) is 9.38. The Kier molecular flexibility index (Phi) is 4.14. The third kappa shape index (κ3) is 2.88. The lowest BCUT2D eigenvalue weighted by Crippen LogP contribution is -2.07. The van der Waals surface area contributed by atoms with Crippen LogP contribution in [-0.2, 0) is 4.74 Å². The van der Waals surface area contributed by atoms with E-state index < -0.39 is 5.97 Å². The van der Waals surface area contributed by atoms with Gasteiger partial charge in [-0.1, -0.05) is 0 Å². The second-order valence-corrected chi connectivity index (χ2v) is 6.98. The van der Waals surface area contributed by atoms with Gasteiger partial charge >= 0.3 is 5.97 Å². The minimum Gasteiger partial charge on any atom is -0.463 e. The van der Waals surface area contributed by atoms with Crippen LogP contribution in [-0.4, -0.2) is 18.1 Å². The standard InChI is InChI=1S/C23H16N2O6/c1-11-13(9-19(30-11)23(27)28-2)16-10-29-21-12(20(16)26)5-6-18-15(21)8-14(22(24)31-18)17-4-3-7-25-17/h3-10,24-25H,1-2H3. The fraction of sp³-hybridized carbons (Fsp3) is 0.0870. The summed E-state index contributed by atoms with van der Waals surface area (Å²) in [6.07, 6.45) is 3.09. The van der Waals surface area contributed by atoms with Crippen molar-refractivity contribution in [2.75, 3.05) is 7.11 Å². The zero-order chi connectivity index (χ0) is 21.7. The molecular formula is C23H16N2O6. The van der Waals surface area contributed by atoms with E-state index in [1.807, 2.05) is 12.1 Å². The highest BCUT2D eigenvalue weighted by atomic mass is 16.5. The Morgan fingerprint density at radius 1 is 1.06 bits per heavy atom. The monoisotopic (exact) mass is 416 g/mol. The number of esters is 1. The maximum absolute atomic E-state index is 13.3. The summed E-state index contributed by atoms with van der Waals surface area (Å²) in [5.74, 6) is -0.226. The molecular weight excluding hydrogens is 400 g/mol. The largest absolute Gasteiger partial charge is 0.463 e. The quantitative estimate of drug-likeness (QED) is 0.333. The van der Waals surface area contributed by atoms with Crippen LogP contribution in [0.15, 0.2) is 66.9 Å². The molecule has 8 heteroatoms. The van der Waals surface area contributed by atoms with E-state index in [1.54, 1.807) is 31.3 Å². The fourth-order valence-corrected chi connectivity index (χ4v) is 3.64. The van der Waals surface area contributed by atoms with Crippen molar-refractivity contribution in [3.8, 4) is 22.4 Å². The van der Waals surface area contributed by atoms with Gasteiger partial charge in [0.15, 0.2) is 0 Å². The van der Waals surface area contributed by atoms with Crippen molar-refractivity contribution in [2.45, 2.75) is 6.92 Å². The van der Waals surface area contributed by atoms with E-state index in [0.29, 0.717) is 38.8 Å². The molecule has 0 unspecified atom stereocenters. The van der Waals surface area contributed by atoms with Crippen LogP contribution in [0.25, 0.3) is 44.3 Å². The molecule has 4 heterocycles. The molecule has 0 spiro atoms. The number of aromatic amines is 1. The number of furan rings is 1. The molecule has 154 valence electrons. The van der Waals surface area contributed by atoms with Gasteiger partial charge in [-0.3, -0.25) is 10.2 Å². The van der Waals surface area contributed by atoms with Gasteiger partial charge in [-0.15, -0.1) is 0 Å². The van der Waals surface area contributed by atoms with Crippen LogP contribution in [0, 0.1) is 12.3 Å². The van der Waals surface area contributed by atoms with Gasteiger partial charge in [0, 0.05) is 11.8 Å². The van der Waals surface area contributed by atoms with Crippen LogP contribution in [0.5, 0.6) is 0 Å². The maximum atomic E-state index is 13.3. The van der Waals surface area contributed by atoms with Gasteiger partial charge < -0.3 is 23.0 Å².